The summed E-state index contributed by atoms with van der Waals surface area (Å²) in [7, 11) is 0. The Hall–Kier alpha value is -3.67. The summed E-state index contributed by atoms with van der Waals surface area (Å²) >= 11 is 0. The van der Waals surface area contributed by atoms with Crippen LogP contribution in [0.3, 0.4) is 0 Å². The fourth-order valence-electron chi connectivity index (χ4n) is 2.46. The van der Waals surface area contributed by atoms with Crippen molar-refractivity contribution in [1.82, 2.24) is 15.8 Å². The average Bonchev–Trinajstić information content (AvgIpc) is 2.71. The Morgan fingerprint density at radius 2 is 1.78 bits per heavy atom. The maximum absolute atomic E-state index is 12.3. The number of rotatable bonds is 5. The molecule has 0 fully saturated rings. The predicted octanol–water partition coefficient (Wildman–Crippen LogP) is 3.04. The molecule has 0 radical (unpaired) electrons. The SMILES string of the molecule is Cc1ccccc1C(=O)NNC(=O)c1cccc(OCc2cccnc2)c1. The van der Waals surface area contributed by atoms with Crippen molar-refractivity contribution in [2.45, 2.75) is 13.5 Å². The van der Waals surface area contributed by atoms with Gasteiger partial charge in [0, 0.05) is 29.1 Å². The van der Waals surface area contributed by atoms with Crippen molar-refractivity contribution >= 4 is 11.8 Å². The molecule has 0 atom stereocenters. The average molecular weight is 361 g/mol. The van der Waals surface area contributed by atoms with Crippen LogP contribution in [0.2, 0.25) is 0 Å². The summed E-state index contributed by atoms with van der Waals surface area (Å²) in [5, 5.41) is 0. The zero-order valence-electron chi connectivity index (χ0n) is 14.8. The van der Waals surface area contributed by atoms with E-state index in [0.29, 0.717) is 23.5 Å². The van der Waals surface area contributed by atoms with Crippen molar-refractivity contribution in [3.8, 4) is 5.75 Å². The molecule has 0 aliphatic carbocycles. The lowest BCUT2D eigenvalue weighted by atomic mass is 10.1. The molecule has 0 aliphatic heterocycles. The number of hydrogen-bond acceptors (Lipinski definition) is 4. The molecule has 0 unspecified atom stereocenters. The lowest BCUT2D eigenvalue weighted by Gasteiger charge is -2.10. The van der Waals surface area contributed by atoms with Crippen LogP contribution in [-0.2, 0) is 6.61 Å². The number of hydrogen-bond donors (Lipinski definition) is 2. The van der Waals surface area contributed by atoms with Gasteiger partial charge in [-0.2, -0.15) is 0 Å². The van der Waals surface area contributed by atoms with E-state index in [1.165, 1.54) is 0 Å². The molecule has 0 bridgehead atoms. The zero-order chi connectivity index (χ0) is 19.1. The number of nitrogens with zero attached hydrogens (tertiary/aromatic N) is 1. The molecule has 136 valence electrons. The second-order valence-corrected chi connectivity index (χ2v) is 5.90. The van der Waals surface area contributed by atoms with Gasteiger partial charge < -0.3 is 4.74 Å². The normalized spacial score (nSPS) is 10.1. The van der Waals surface area contributed by atoms with Crippen molar-refractivity contribution < 1.29 is 14.3 Å². The first-order valence-electron chi connectivity index (χ1n) is 8.41. The van der Waals surface area contributed by atoms with Gasteiger partial charge in [-0.1, -0.05) is 30.3 Å². The number of carbonyl (C=O) groups excluding carboxylic acids is 2. The number of amides is 2. The van der Waals surface area contributed by atoms with E-state index in [4.69, 9.17) is 4.74 Å². The lowest BCUT2D eigenvalue weighted by Crippen LogP contribution is -2.41. The van der Waals surface area contributed by atoms with E-state index in [1.54, 1.807) is 48.8 Å². The minimum atomic E-state index is -0.427. The highest BCUT2D eigenvalue weighted by atomic mass is 16.5. The molecule has 2 amide bonds. The molecule has 2 aromatic carbocycles. The van der Waals surface area contributed by atoms with E-state index in [0.717, 1.165) is 11.1 Å². The number of carbonyl (C=O) groups is 2. The standard InChI is InChI=1S/C21H19N3O3/c1-15-6-2-3-10-19(15)21(26)24-23-20(25)17-8-4-9-18(12-17)27-14-16-7-5-11-22-13-16/h2-13H,14H2,1H3,(H,23,25)(H,24,26). The van der Waals surface area contributed by atoms with E-state index in [2.05, 4.69) is 15.8 Å². The van der Waals surface area contributed by atoms with E-state index >= 15 is 0 Å². The van der Waals surface area contributed by atoms with E-state index in [1.807, 2.05) is 31.2 Å². The molecule has 3 rings (SSSR count). The highest BCUT2D eigenvalue weighted by Gasteiger charge is 2.11. The van der Waals surface area contributed by atoms with Crippen molar-refractivity contribution in [1.29, 1.82) is 0 Å². The number of nitrogens with one attached hydrogen (secondary N) is 2. The minimum Gasteiger partial charge on any atom is -0.489 e. The number of ether oxygens (including phenoxy) is 1. The smallest absolute Gasteiger partial charge is 0.269 e. The molecule has 6 nitrogen and oxygen atoms in total. The van der Waals surface area contributed by atoms with Gasteiger partial charge in [-0.05, 0) is 42.8 Å². The zero-order valence-corrected chi connectivity index (χ0v) is 14.8. The largest absolute Gasteiger partial charge is 0.489 e. The molecule has 1 heterocycles. The van der Waals surface area contributed by atoms with Crippen LogP contribution in [0.5, 0.6) is 5.75 Å². The van der Waals surface area contributed by atoms with Crippen LogP contribution in [0.25, 0.3) is 0 Å². The maximum atomic E-state index is 12.3. The molecule has 0 spiro atoms. The Kier molecular flexibility index (Phi) is 5.79. The van der Waals surface area contributed by atoms with Crippen LogP contribution < -0.4 is 15.6 Å². The maximum Gasteiger partial charge on any atom is 0.269 e. The molecule has 6 heteroatoms. The van der Waals surface area contributed by atoms with Crippen LogP contribution in [0.4, 0.5) is 0 Å². The van der Waals surface area contributed by atoms with Gasteiger partial charge >= 0.3 is 0 Å². The first-order valence-corrected chi connectivity index (χ1v) is 8.41. The molecular weight excluding hydrogens is 342 g/mol. The number of benzene rings is 2. The third-order valence-corrected chi connectivity index (χ3v) is 3.90. The van der Waals surface area contributed by atoms with Gasteiger partial charge in [0.1, 0.15) is 12.4 Å². The highest BCUT2D eigenvalue weighted by Crippen LogP contribution is 2.15. The van der Waals surface area contributed by atoms with E-state index in [9.17, 15) is 9.59 Å². The fraction of sp³-hybridized carbons (Fsp3) is 0.0952. The number of pyridine rings is 1. The van der Waals surface area contributed by atoms with Crippen molar-refractivity contribution in [3.05, 3.63) is 95.3 Å². The number of aromatic nitrogens is 1. The molecule has 27 heavy (non-hydrogen) atoms. The van der Waals surface area contributed by atoms with Gasteiger partial charge in [-0.25, -0.2) is 0 Å². The molecule has 2 N–H and O–H groups in total. The summed E-state index contributed by atoms with van der Waals surface area (Å²) in [4.78, 5) is 28.5. The first kappa shape index (κ1) is 18.1. The van der Waals surface area contributed by atoms with Gasteiger partial charge in [0.2, 0.25) is 0 Å². The molecule has 0 aliphatic rings. The molecule has 1 aromatic heterocycles. The summed E-state index contributed by atoms with van der Waals surface area (Å²) in [6, 6.07) is 17.6. The fourth-order valence-corrected chi connectivity index (χ4v) is 2.46. The van der Waals surface area contributed by atoms with Crippen molar-refractivity contribution in [2.24, 2.45) is 0 Å². The van der Waals surface area contributed by atoms with Crippen LogP contribution in [0.15, 0.2) is 73.1 Å². The van der Waals surface area contributed by atoms with Gasteiger partial charge in [-0.15, -0.1) is 0 Å². The number of aryl methyl sites for hydroxylation is 1. The lowest BCUT2D eigenvalue weighted by molar-refractivity contribution is 0.0846. The van der Waals surface area contributed by atoms with Gasteiger partial charge in [0.25, 0.3) is 11.8 Å². The Morgan fingerprint density at radius 3 is 2.56 bits per heavy atom. The molecule has 0 saturated heterocycles. The Labute approximate surface area is 157 Å². The topological polar surface area (TPSA) is 80.3 Å². The van der Waals surface area contributed by atoms with Crippen molar-refractivity contribution in [2.75, 3.05) is 0 Å². The van der Waals surface area contributed by atoms with Crippen LogP contribution in [0, 0.1) is 6.92 Å². The second-order valence-electron chi connectivity index (χ2n) is 5.90. The molecule has 3 aromatic rings. The summed E-state index contributed by atoms with van der Waals surface area (Å²) in [5.41, 5.74) is 7.49. The van der Waals surface area contributed by atoms with Crippen LogP contribution in [-0.4, -0.2) is 16.8 Å². The summed E-state index contributed by atoms with van der Waals surface area (Å²) in [6.45, 7) is 2.18. The van der Waals surface area contributed by atoms with Gasteiger partial charge in [-0.3, -0.25) is 25.4 Å². The Morgan fingerprint density at radius 1 is 0.963 bits per heavy atom. The minimum absolute atomic E-state index is 0.350. The van der Waals surface area contributed by atoms with Gasteiger partial charge in [0.15, 0.2) is 0 Å². The van der Waals surface area contributed by atoms with Gasteiger partial charge in [0.05, 0.1) is 0 Å². The Bertz CT molecular complexity index is 942. The third-order valence-electron chi connectivity index (χ3n) is 3.90. The molecular formula is C21H19N3O3. The van der Waals surface area contributed by atoms with E-state index in [-0.39, 0.29) is 5.91 Å². The Balaban J connectivity index is 1.58. The summed E-state index contributed by atoms with van der Waals surface area (Å²) in [5.74, 6) is -0.245. The third kappa shape index (κ3) is 4.92. The quantitative estimate of drug-likeness (QED) is 0.685. The summed E-state index contributed by atoms with van der Waals surface area (Å²) in [6.07, 6.45) is 3.41. The first-order chi connectivity index (χ1) is 13.1. The van der Waals surface area contributed by atoms with Crippen molar-refractivity contribution in [3.63, 3.8) is 0 Å². The van der Waals surface area contributed by atoms with E-state index < -0.39 is 5.91 Å². The number of hydrazine groups is 1. The predicted molar refractivity (Wildman–Crippen MR) is 101 cm³/mol. The monoisotopic (exact) mass is 361 g/mol. The van der Waals surface area contributed by atoms with Crippen LogP contribution >= 0.6 is 0 Å². The van der Waals surface area contributed by atoms with Crippen LogP contribution in [0.1, 0.15) is 31.8 Å². The summed E-state index contributed by atoms with van der Waals surface area (Å²) < 4.78 is 5.69. The second kappa shape index (κ2) is 8.62. The molecule has 0 saturated carbocycles. The highest BCUT2D eigenvalue weighted by molar-refractivity contribution is 5.99.